The minimum atomic E-state index is 0.165. The maximum atomic E-state index is 9.45. The highest BCUT2D eigenvalue weighted by Crippen LogP contribution is 2.21. The van der Waals surface area contributed by atoms with Crippen molar-refractivity contribution in [3.05, 3.63) is 28.8 Å². The van der Waals surface area contributed by atoms with E-state index in [0.717, 1.165) is 11.1 Å². The van der Waals surface area contributed by atoms with Crippen LogP contribution in [-0.4, -0.2) is 16.5 Å². The van der Waals surface area contributed by atoms with E-state index in [0.29, 0.717) is 5.56 Å². The smallest absolute Gasteiger partial charge is 0.127 e. The topological polar surface area (TPSA) is 52.8 Å². The summed E-state index contributed by atoms with van der Waals surface area (Å²) in [6.07, 6.45) is 1.22. The molecule has 0 aromatic heterocycles. The van der Waals surface area contributed by atoms with Crippen molar-refractivity contribution in [2.45, 2.75) is 13.8 Å². The lowest BCUT2D eigenvalue weighted by Crippen LogP contribution is -1.87. The molecule has 3 nitrogen and oxygen atoms in total. The molecule has 0 saturated heterocycles. The van der Waals surface area contributed by atoms with Gasteiger partial charge in [-0.25, -0.2) is 0 Å². The van der Waals surface area contributed by atoms with Crippen molar-refractivity contribution in [1.82, 2.24) is 0 Å². The predicted octanol–water partition coefficient (Wildman–Crippen LogP) is 1.82. The molecule has 0 atom stereocenters. The Kier molecular flexibility index (Phi) is 2.33. The van der Waals surface area contributed by atoms with E-state index in [9.17, 15) is 5.11 Å². The van der Waals surface area contributed by atoms with Crippen LogP contribution >= 0.6 is 0 Å². The molecule has 3 heteroatoms. The van der Waals surface area contributed by atoms with Crippen LogP contribution in [0.2, 0.25) is 0 Å². The van der Waals surface area contributed by atoms with Gasteiger partial charge in [-0.1, -0.05) is 11.2 Å². The third-order valence-corrected chi connectivity index (χ3v) is 1.67. The van der Waals surface area contributed by atoms with Crippen LogP contribution in [0.15, 0.2) is 17.3 Å². The fourth-order valence-electron chi connectivity index (χ4n) is 1.15. The highest BCUT2D eigenvalue weighted by atomic mass is 16.4. The van der Waals surface area contributed by atoms with E-state index in [1.807, 2.05) is 13.0 Å². The van der Waals surface area contributed by atoms with Gasteiger partial charge in [-0.15, -0.1) is 0 Å². The molecule has 0 spiro atoms. The second-order valence-corrected chi connectivity index (χ2v) is 2.76. The number of nitrogens with zero attached hydrogens (tertiary/aromatic N) is 1. The fourth-order valence-corrected chi connectivity index (χ4v) is 1.15. The van der Waals surface area contributed by atoms with Crippen LogP contribution in [0.4, 0.5) is 0 Å². The summed E-state index contributed by atoms with van der Waals surface area (Å²) in [5, 5.41) is 20.6. The van der Waals surface area contributed by atoms with Crippen LogP contribution in [0.25, 0.3) is 0 Å². The Morgan fingerprint density at radius 3 is 2.58 bits per heavy atom. The molecule has 64 valence electrons. The zero-order chi connectivity index (χ0) is 9.14. The number of phenolic OH excluding ortho intramolecular Hbond substituents is 1. The van der Waals surface area contributed by atoms with Gasteiger partial charge >= 0.3 is 0 Å². The van der Waals surface area contributed by atoms with Crippen molar-refractivity contribution in [3.8, 4) is 5.75 Å². The third kappa shape index (κ3) is 1.56. The summed E-state index contributed by atoms with van der Waals surface area (Å²) in [6, 6.07) is 3.62. The zero-order valence-corrected chi connectivity index (χ0v) is 7.07. The molecule has 0 bridgehead atoms. The molecule has 0 aliphatic heterocycles. The monoisotopic (exact) mass is 165 g/mol. The second kappa shape index (κ2) is 3.26. The van der Waals surface area contributed by atoms with Crippen molar-refractivity contribution in [2.75, 3.05) is 0 Å². The van der Waals surface area contributed by atoms with Crippen LogP contribution in [-0.2, 0) is 0 Å². The van der Waals surface area contributed by atoms with E-state index in [2.05, 4.69) is 5.16 Å². The first-order chi connectivity index (χ1) is 5.65. The molecule has 0 unspecified atom stereocenters. The van der Waals surface area contributed by atoms with Gasteiger partial charge in [-0.05, 0) is 31.0 Å². The van der Waals surface area contributed by atoms with Crippen molar-refractivity contribution in [3.63, 3.8) is 0 Å². The lowest BCUT2D eigenvalue weighted by Gasteiger charge is -2.03. The van der Waals surface area contributed by atoms with Gasteiger partial charge in [-0.3, -0.25) is 0 Å². The third-order valence-electron chi connectivity index (χ3n) is 1.67. The minimum absolute atomic E-state index is 0.165. The van der Waals surface area contributed by atoms with Crippen LogP contribution in [0.1, 0.15) is 16.7 Å². The van der Waals surface area contributed by atoms with E-state index < -0.39 is 0 Å². The Morgan fingerprint density at radius 1 is 1.33 bits per heavy atom. The van der Waals surface area contributed by atoms with E-state index in [1.54, 1.807) is 13.0 Å². The molecule has 12 heavy (non-hydrogen) atoms. The lowest BCUT2D eigenvalue weighted by molar-refractivity contribution is 0.321. The van der Waals surface area contributed by atoms with Gasteiger partial charge in [0.25, 0.3) is 0 Å². The normalized spacial score (nSPS) is 10.8. The Bertz CT molecular complexity index is 319. The zero-order valence-electron chi connectivity index (χ0n) is 7.07. The standard InChI is InChI=1S/C9H11NO2/c1-6-3-7(2)9(11)8(4-6)5-10-12/h3-5,11-12H,1-2H3/b10-5-. The van der Waals surface area contributed by atoms with Crippen molar-refractivity contribution < 1.29 is 10.3 Å². The van der Waals surface area contributed by atoms with Crippen LogP contribution in [0.5, 0.6) is 5.75 Å². The molecule has 0 aliphatic rings. The number of oxime groups is 1. The molecule has 0 radical (unpaired) electrons. The average Bonchev–Trinajstić information content (AvgIpc) is 2.00. The molecule has 1 rings (SSSR count). The largest absolute Gasteiger partial charge is 0.507 e. The van der Waals surface area contributed by atoms with Gasteiger partial charge in [0.05, 0.1) is 6.21 Å². The summed E-state index contributed by atoms with van der Waals surface area (Å²) in [6.45, 7) is 3.72. The summed E-state index contributed by atoms with van der Waals surface area (Å²) in [7, 11) is 0. The van der Waals surface area contributed by atoms with Crippen LogP contribution < -0.4 is 0 Å². The molecular weight excluding hydrogens is 154 g/mol. The number of aryl methyl sites for hydroxylation is 2. The molecule has 0 saturated carbocycles. The molecule has 1 aromatic carbocycles. The van der Waals surface area contributed by atoms with Gasteiger partial charge in [0.1, 0.15) is 5.75 Å². The maximum Gasteiger partial charge on any atom is 0.127 e. The van der Waals surface area contributed by atoms with Crippen LogP contribution in [0.3, 0.4) is 0 Å². The first kappa shape index (κ1) is 8.59. The van der Waals surface area contributed by atoms with Crippen LogP contribution in [0, 0.1) is 13.8 Å². The van der Waals surface area contributed by atoms with Gasteiger partial charge < -0.3 is 10.3 Å². The van der Waals surface area contributed by atoms with Gasteiger partial charge in [0, 0.05) is 5.56 Å². The van der Waals surface area contributed by atoms with E-state index >= 15 is 0 Å². The maximum absolute atomic E-state index is 9.45. The van der Waals surface area contributed by atoms with Crippen molar-refractivity contribution >= 4 is 6.21 Å². The molecular formula is C9H11NO2. The highest BCUT2D eigenvalue weighted by Gasteiger charge is 2.02. The summed E-state index contributed by atoms with van der Waals surface area (Å²) in [5.74, 6) is 0.165. The second-order valence-electron chi connectivity index (χ2n) is 2.76. The molecule has 0 aliphatic carbocycles. The van der Waals surface area contributed by atoms with Crippen molar-refractivity contribution in [1.29, 1.82) is 0 Å². The van der Waals surface area contributed by atoms with Gasteiger partial charge in [-0.2, -0.15) is 0 Å². The number of aromatic hydroxyl groups is 1. The summed E-state index contributed by atoms with van der Waals surface area (Å²) >= 11 is 0. The molecule has 2 N–H and O–H groups in total. The molecule has 0 heterocycles. The number of rotatable bonds is 1. The highest BCUT2D eigenvalue weighted by molar-refractivity contribution is 5.83. The summed E-state index contributed by atoms with van der Waals surface area (Å²) in [5.41, 5.74) is 2.35. The van der Waals surface area contributed by atoms with E-state index in [1.165, 1.54) is 6.21 Å². The molecule has 1 aromatic rings. The number of hydrogen-bond acceptors (Lipinski definition) is 3. The first-order valence-corrected chi connectivity index (χ1v) is 3.63. The average molecular weight is 165 g/mol. The van der Waals surface area contributed by atoms with E-state index in [-0.39, 0.29) is 5.75 Å². The Morgan fingerprint density at radius 2 is 2.00 bits per heavy atom. The summed E-state index contributed by atoms with van der Waals surface area (Å²) < 4.78 is 0. The lowest BCUT2D eigenvalue weighted by atomic mass is 10.1. The van der Waals surface area contributed by atoms with Crippen molar-refractivity contribution in [2.24, 2.45) is 5.16 Å². The first-order valence-electron chi connectivity index (χ1n) is 3.63. The molecule has 0 fully saturated rings. The van der Waals surface area contributed by atoms with E-state index in [4.69, 9.17) is 5.21 Å². The number of benzene rings is 1. The fraction of sp³-hybridized carbons (Fsp3) is 0.222. The SMILES string of the molecule is Cc1cc(C)c(O)c(/C=N\O)c1. The van der Waals surface area contributed by atoms with Gasteiger partial charge in [0.15, 0.2) is 0 Å². The Balaban J connectivity index is 3.27. The quantitative estimate of drug-likeness (QED) is 0.379. The molecule has 0 amide bonds. The Labute approximate surface area is 71.0 Å². The van der Waals surface area contributed by atoms with Gasteiger partial charge in [0.2, 0.25) is 0 Å². The predicted molar refractivity (Wildman–Crippen MR) is 47.0 cm³/mol. The number of hydrogen-bond donors (Lipinski definition) is 2. The summed E-state index contributed by atoms with van der Waals surface area (Å²) in [4.78, 5) is 0. The Hall–Kier alpha value is -1.51. The number of phenols is 1. The minimum Gasteiger partial charge on any atom is -0.507 e.